The molecule has 0 bridgehead atoms. The van der Waals surface area contributed by atoms with Gasteiger partial charge in [-0.3, -0.25) is 19.1 Å². The number of hydrogen-bond donors (Lipinski definition) is 1. The summed E-state index contributed by atoms with van der Waals surface area (Å²) in [5.41, 5.74) is -0.900. The zero-order valence-electron chi connectivity index (χ0n) is 11.4. The van der Waals surface area contributed by atoms with Gasteiger partial charge >= 0.3 is 11.7 Å². The average molecular weight is 283 g/mol. The molecule has 9 nitrogen and oxygen atoms in total. The van der Waals surface area contributed by atoms with E-state index < -0.39 is 17.2 Å². The van der Waals surface area contributed by atoms with Crippen molar-refractivity contribution in [2.45, 2.75) is 0 Å². The number of aromatic nitrogens is 3. The van der Waals surface area contributed by atoms with Crippen LogP contribution in [-0.2, 0) is 18.9 Å². The van der Waals surface area contributed by atoms with Crippen LogP contribution in [0.25, 0.3) is 0 Å². The van der Waals surface area contributed by atoms with E-state index in [2.05, 4.69) is 5.10 Å². The zero-order valence-corrected chi connectivity index (χ0v) is 11.4. The maximum Gasteiger partial charge on any atom is 0.346 e. The maximum atomic E-state index is 12.0. The number of aliphatic carboxylic acids is 1. The second-order valence-corrected chi connectivity index (χ2v) is 4.75. The number of carbonyl (C=O) groups is 1. The van der Waals surface area contributed by atoms with E-state index >= 15 is 0 Å². The molecule has 2 heterocycles. The van der Waals surface area contributed by atoms with Gasteiger partial charge in [0.05, 0.1) is 6.54 Å². The minimum Gasteiger partial charge on any atom is -0.480 e. The van der Waals surface area contributed by atoms with Gasteiger partial charge in [-0.1, -0.05) is 0 Å². The lowest BCUT2D eigenvalue weighted by Crippen LogP contribution is -2.51. The molecule has 0 saturated carbocycles. The molecule has 0 aromatic carbocycles. The van der Waals surface area contributed by atoms with Gasteiger partial charge in [-0.2, -0.15) is 0 Å². The summed E-state index contributed by atoms with van der Waals surface area (Å²) in [6.07, 6.45) is 0. The summed E-state index contributed by atoms with van der Waals surface area (Å²) < 4.78 is 2.15. The lowest BCUT2D eigenvalue weighted by atomic mass is 10.3. The third-order valence-corrected chi connectivity index (χ3v) is 3.34. The van der Waals surface area contributed by atoms with Gasteiger partial charge in [0.15, 0.2) is 0 Å². The number of carboxylic acid groups (broad SMARTS) is 1. The highest BCUT2D eigenvalue weighted by Gasteiger charge is 2.22. The second-order valence-electron chi connectivity index (χ2n) is 4.75. The van der Waals surface area contributed by atoms with Crippen molar-refractivity contribution in [2.75, 3.05) is 37.6 Å². The Kier molecular flexibility index (Phi) is 3.89. The molecule has 0 spiro atoms. The number of carboxylic acids is 1. The highest BCUT2D eigenvalue weighted by molar-refractivity contribution is 5.69. The first-order chi connectivity index (χ1) is 9.40. The predicted molar refractivity (Wildman–Crippen MR) is 71.0 cm³/mol. The van der Waals surface area contributed by atoms with Gasteiger partial charge in [-0.25, -0.2) is 9.48 Å². The molecule has 1 saturated heterocycles. The Balaban J connectivity index is 2.17. The standard InChI is InChI=1S/C11H17N5O4/c1-13-10(19)9(12-14(2)11(13)20)16-5-3-15(4-6-16)7-8(17)18/h3-7H2,1-2H3,(H,17,18). The third kappa shape index (κ3) is 2.72. The van der Waals surface area contributed by atoms with Gasteiger partial charge in [0, 0.05) is 40.3 Å². The molecule has 0 aliphatic carbocycles. The molecule has 0 atom stereocenters. The average Bonchev–Trinajstić information content (AvgIpc) is 2.41. The van der Waals surface area contributed by atoms with Crippen molar-refractivity contribution in [3.8, 4) is 0 Å². The van der Waals surface area contributed by atoms with Crippen molar-refractivity contribution in [3.05, 3.63) is 20.8 Å². The minimum atomic E-state index is -0.866. The molecule has 110 valence electrons. The van der Waals surface area contributed by atoms with E-state index in [0.717, 1.165) is 9.25 Å². The number of aryl methyl sites for hydroxylation is 1. The molecule has 2 rings (SSSR count). The van der Waals surface area contributed by atoms with Crippen molar-refractivity contribution < 1.29 is 9.90 Å². The van der Waals surface area contributed by atoms with Crippen molar-refractivity contribution in [1.29, 1.82) is 0 Å². The van der Waals surface area contributed by atoms with Crippen LogP contribution < -0.4 is 16.1 Å². The van der Waals surface area contributed by atoms with Crippen LogP contribution >= 0.6 is 0 Å². The van der Waals surface area contributed by atoms with Crippen LogP contribution in [0.1, 0.15) is 0 Å². The highest BCUT2D eigenvalue weighted by atomic mass is 16.4. The lowest BCUT2D eigenvalue weighted by molar-refractivity contribution is -0.138. The summed E-state index contributed by atoms with van der Waals surface area (Å²) in [5, 5.41) is 12.7. The van der Waals surface area contributed by atoms with Gasteiger partial charge in [0.2, 0.25) is 5.82 Å². The monoisotopic (exact) mass is 283 g/mol. The highest BCUT2D eigenvalue weighted by Crippen LogP contribution is 2.07. The Hall–Kier alpha value is -2.16. The number of nitrogens with zero attached hydrogens (tertiary/aromatic N) is 5. The normalized spacial score (nSPS) is 16.4. The Labute approximate surface area is 114 Å². The predicted octanol–water partition coefficient (Wildman–Crippen LogP) is -2.31. The molecule has 1 aliphatic heterocycles. The molecule has 1 aromatic heterocycles. The number of piperazine rings is 1. The SMILES string of the molecule is Cn1nc(N2CCN(CC(=O)O)CC2)c(=O)n(C)c1=O. The Morgan fingerprint density at radius 2 is 1.80 bits per heavy atom. The molecule has 1 fully saturated rings. The third-order valence-electron chi connectivity index (χ3n) is 3.34. The molecule has 1 aromatic rings. The Morgan fingerprint density at radius 1 is 1.20 bits per heavy atom. The van der Waals surface area contributed by atoms with E-state index in [1.54, 1.807) is 9.80 Å². The van der Waals surface area contributed by atoms with Gasteiger partial charge in [-0.05, 0) is 0 Å². The van der Waals surface area contributed by atoms with E-state index in [0.29, 0.717) is 26.2 Å². The molecular weight excluding hydrogens is 266 g/mol. The maximum absolute atomic E-state index is 12.0. The topological polar surface area (TPSA) is 101 Å². The molecule has 0 radical (unpaired) electrons. The van der Waals surface area contributed by atoms with Gasteiger partial charge in [0.1, 0.15) is 0 Å². The van der Waals surface area contributed by atoms with Crippen molar-refractivity contribution >= 4 is 11.8 Å². The summed E-state index contributed by atoms with van der Waals surface area (Å²) in [6, 6.07) is 0. The number of anilines is 1. The minimum absolute atomic E-state index is 0.00739. The van der Waals surface area contributed by atoms with Crippen LogP contribution in [0.15, 0.2) is 9.59 Å². The number of rotatable bonds is 3. The molecule has 9 heteroatoms. The summed E-state index contributed by atoms with van der Waals surface area (Å²) in [7, 11) is 2.91. The zero-order chi connectivity index (χ0) is 14.9. The quantitative estimate of drug-likeness (QED) is 0.665. The summed E-state index contributed by atoms with van der Waals surface area (Å²) in [4.78, 5) is 37.8. The van der Waals surface area contributed by atoms with Crippen LogP contribution in [-0.4, -0.2) is 63.0 Å². The first kappa shape index (κ1) is 14.3. The summed E-state index contributed by atoms with van der Waals surface area (Å²) in [6.45, 7) is 2.09. The lowest BCUT2D eigenvalue weighted by Gasteiger charge is -2.34. The van der Waals surface area contributed by atoms with Gasteiger partial charge in [-0.15, -0.1) is 5.10 Å². The van der Waals surface area contributed by atoms with E-state index in [9.17, 15) is 14.4 Å². The molecule has 1 N–H and O–H groups in total. The molecule has 0 unspecified atom stereocenters. The van der Waals surface area contributed by atoms with E-state index in [-0.39, 0.29) is 12.4 Å². The first-order valence-electron chi connectivity index (χ1n) is 6.23. The van der Waals surface area contributed by atoms with Gasteiger partial charge in [0.25, 0.3) is 5.56 Å². The van der Waals surface area contributed by atoms with Crippen LogP contribution in [0.3, 0.4) is 0 Å². The van der Waals surface area contributed by atoms with Crippen LogP contribution in [0.5, 0.6) is 0 Å². The first-order valence-corrected chi connectivity index (χ1v) is 6.23. The fourth-order valence-electron chi connectivity index (χ4n) is 2.19. The molecular formula is C11H17N5O4. The van der Waals surface area contributed by atoms with Crippen LogP contribution in [0, 0.1) is 0 Å². The smallest absolute Gasteiger partial charge is 0.346 e. The van der Waals surface area contributed by atoms with E-state index in [1.807, 2.05) is 0 Å². The van der Waals surface area contributed by atoms with Crippen molar-refractivity contribution in [2.24, 2.45) is 14.1 Å². The Bertz CT molecular complexity index is 627. The van der Waals surface area contributed by atoms with E-state index in [1.165, 1.54) is 14.1 Å². The fraction of sp³-hybridized carbons (Fsp3) is 0.636. The summed E-state index contributed by atoms with van der Waals surface area (Å²) >= 11 is 0. The fourth-order valence-corrected chi connectivity index (χ4v) is 2.19. The van der Waals surface area contributed by atoms with Crippen LogP contribution in [0.4, 0.5) is 5.82 Å². The summed E-state index contributed by atoms with van der Waals surface area (Å²) in [5.74, 6) is -0.640. The van der Waals surface area contributed by atoms with Crippen LogP contribution in [0.2, 0.25) is 0 Å². The second kappa shape index (κ2) is 5.45. The number of hydrogen-bond acceptors (Lipinski definition) is 6. The Morgan fingerprint density at radius 3 is 2.35 bits per heavy atom. The van der Waals surface area contributed by atoms with Crippen molar-refractivity contribution in [1.82, 2.24) is 19.2 Å². The molecule has 0 amide bonds. The molecule has 1 aliphatic rings. The largest absolute Gasteiger partial charge is 0.480 e. The van der Waals surface area contributed by atoms with Gasteiger partial charge < -0.3 is 10.0 Å². The molecule has 20 heavy (non-hydrogen) atoms. The van der Waals surface area contributed by atoms with Crippen molar-refractivity contribution in [3.63, 3.8) is 0 Å². The van der Waals surface area contributed by atoms with E-state index in [4.69, 9.17) is 5.11 Å².